The Kier molecular flexibility index (Phi) is 9.44. The van der Waals surface area contributed by atoms with Crippen molar-refractivity contribution >= 4 is 24.3 Å². The minimum Gasteiger partial charge on any atom is -0.481 e. The van der Waals surface area contributed by atoms with E-state index in [1.165, 1.54) is 12.1 Å². The van der Waals surface area contributed by atoms with Crippen molar-refractivity contribution < 1.29 is 19.1 Å². The van der Waals surface area contributed by atoms with Gasteiger partial charge in [0.25, 0.3) is 0 Å². The molecule has 0 radical (unpaired) electrons. The van der Waals surface area contributed by atoms with Gasteiger partial charge >= 0.3 is 5.97 Å². The third-order valence-corrected chi connectivity index (χ3v) is 3.33. The summed E-state index contributed by atoms with van der Waals surface area (Å²) in [4.78, 5) is 24.2. The molecule has 0 aromatic heterocycles. The molecular weight excluding hydrogens is 323 g/mol. The second-order valence-electron chi connectivity index (χ2n) is 5.72. The van der Waals surface area contributed by atoms with E-state index in [9.17, 15) is 14.0 Å². The Balaban J connectivity index is 0.00000484. The summed E-state index contributed by atoms with van der Waals surface area (Å²) in [6.45, 7) is 4.38. The standard InChI is InChI=1S/C16H23FN2O3.ClH/c1-11(2)16(12-4-6-13(17)7-5-12)18-14(20)10-19(3)9-8-15(21)22;/h4-7,11,16H,8-10H2,1-3H3,(H,18,20)(H,21,22);1H. The van der Waals surface area contributed by atoms with Gasteiger partial charge in [-0.05, 0) is 30.7 Å². The van der Waals surface area contributed by atoms with Crippen molar-refractivity contribution in [3.63, 3.8) is 0 Å². The van der Waals surface area contributed by atoms with E-state index < -0.39 is 5.97 Å². The SMILES string of the molecule is CC(C)C(NC(=O)CN(C)CCC(=O)O)c1ccc(F)cc1.Cl. The molecule has 1 aromatic carbocycles. The van der Waals surface area contributed by atoms with E-state index in [2.05, 4.69) is 5.32 Å². The lowest BCUT2D eigenvalue weighted by molar-refractivity contribution is -0.137. The summed E-state index contributed by atoms with van der Waals surface area (Å²) in [7, 11) is 1.70. The predicted molar refractivity (Wildman–Crippen MR) is 89.1 cm³/mol. The van der Waals surface area contributed by atoms with Gasteiger partial charge in [0.15, 0.2) is 0 Å². The fourth-order valence-corrected chi connectivity index (χ4v) is 2.13. The highest BCUT2D eigenvalue weighted by Gasteiger charge is 2.19. The largest absolute Gasteiger partial charge is 0.481 e. The number of nitrogens with one attached hydrogen (secondary N) is 1. The summed E-state index contributed by atoms with van der Waals surface area (Å²) in [6.07, 6.45) is -0.00461. The Labute approximate surface area is 142 Å². The lowest BCUT2D eigenvalue weighted by atomic mass is 9.96. The molecular formula is C16H24ClFN2O3. The van der Waals surface area contributed by atoms with Gasteiger partial charge < -0.3 is 10.4 Å². The van der Waals surface area contributed by atoms with E-state index in [0.29, 0.717) is 6.54 Å². The van der Waals surface area contributed by atoms with Crippen molar-refractivity contribution in [2.45, 2.75) is 26.3 Å². The molecule has 0 aliphatic heterocycles. The van der Waals surface area contributed by atoms with Crippen LogP contribution in [-0.4, -0.2) is 42.0 Å². The van der Waals surface area contributed by atoms with Crippen LogP contribution >= 0.6 is 12.4 Å². The molecule has 2 N–H and O–H groups in total. The zero-order valence-corrected chi connectivity index (χ0v) is 14.4. The average molecular weight is 347 g/mol. The van der Waals surface area contributed by atoms with E-state index in [4.69, 9.17) is 5.11 Å². The van der Waals surface area contributed by atoms with Gasteiger partial charge in [0.1, 0.15) is 5.82 Å². The molecule has 1 unspecified atom stereocenters. The molecule has 130 valence electrons. The Morgan fingerprint density at radius 2 is 1.83 bits per heavy atom. The normalized spacial score (nSPS) is 11.9. The summed E-state index contributed by atoms with van der Waals surface area (Å²) < 4.78 is 13.0. The van der Waals surface area contributed by atoms with Crippen molar-refractivity contribution in [2.24, 2.45) is 5.92 Å². The number of hydrogen-bond acceptors (Lipinski definition) is 3. The molecule has 1 atom stereocenters. The minimum atomic E-state index is -0.890. The van der Waals surface area contributed by atoms with Crippen LogP contribution in [0.15, 0.2) is 24.3 Å². The second kappa shape index (κ2) is 10.2. The van der Waals surface area contributed by atoms with Gasteiger partial charge in [0, 0.05) is 6.54 Å². The first-order valence-corrected chi connectivity index (χ1v) is 7.24. The van der Waals surface area contributed by atoms with Crippen molar-refractivity contribution in [3.05, 3.63) is 35.6 Å². The van der Waals surface area contributed by atoms with Gasteiger partial charge in [-0.1, -0.05) is 26.0 Å². The lowest BCUT2D eigenvalue weighted by Gasteiger charge is -2.24. The van der Waals surface area contributed by atoms with Gasteiger partial charge in [-0.25, -0.2) is 4.39 Å². The number of rotatable bonds is 8. The third-order valence-electron chi connectivity index (χ3n) is 3.33. The van der Waals surface area contributed by atoms with Gasteiger partial charge in [0.05, 0.1) is 19.0 Å². The first-order chi connectivity index (χ1) is 10.3. The van der Waals surface area contributed by atoms with Crippen molar-refractivity contribution in [1.82, 2.24) is 10.2 Å². The highest BCUT2D eigenvalue weighted by molar-refractivity contribution is 5.85. The second-order valence-corrected chi connectivity index (χ2v) is 5.72. The highest BCUT2D eigenvalue weighted by Crippen LogP contribution is 2.21. The summed E-state index contributed by atoms with van der Waals surface area (Å²) in [5.74, 6) is -1.24. The van der Waals surface area contributed by atoms with Gasteiger partial charge in [-0.3, -0.25) is 14.5 Å². The van der Waals surface area contributed by atoms with E-state index in [-0.39, 0.29) is 49.1 Å². The molecule has 0 heterocycles. The van der Waals surface area contributed by atoms with E-state index in [0.717, 1.165) is 5.56 Å². The van der Waals surface area contributed by atoms with E-state index in [1.54, 1.807) is 24.1 Å². The van der Waals surface area contributed by atoms with Crippen LogP contribution in [0.4, 0.5) is 4.39 Å². The maximum atomic E-state index is 13.0. The van der Waals surface area contributed by atoms with Crippen LogP contribution in [0.1, 0.15) is 31.9 Å². The molecule has 5 nitrogen and oxygen atoms in total. The number of carboxylic acid groups (broad SMARTS) is 1. The topological polar surface area (TPSA) is 69.6 Å². The molecule has 7 heteroatoms. The molecule has 0 bridgehead atoms. The van der Waals surface area contributed by atoms with Crippen molar-refractivity contribution in [1.29, 1.82) is 0 Å². The molecule has 0 saturated carbocycles. The van der Waals surface area contributed by atoms with E-state index in [1.807, 2.05) is 13.8 Å². The molecule has 1 amide bonds. The quantitative estimate of drug-likeness (QED) is 0.758. The summed E-state index contributed by atoms with van der Waals surface area (Å²) in [5.41, 5.74) is 0.845. The molecule has 1 aromatic rings. The predicted octanol–water partition coefficient (Wildman–Crippen LogP) is 2.47. The Hall–Kier alpha value is -1.66. The average Bonchev–Trinajstić information content (AvgIpc) is 2.43. The summed E-state index contributed by atoms with van der Waals surface area (Å²) in [5, 5.41) is 11.5. The monoisotopic (exact) mass is 346 g/mol. The van der Waals surface area contributed by atoms with Crippen molar-refractivity contribution in [2.75, 3.05) is 20.1 Å². The Bertz CT molecular complexity index is 509. The minimum absolute atomic E-state index is 0. The van der Waals surface area contributed by atoms with Gasteiger partial charge in [0.2, 0.25) is 5.91 Å². The molecule has 0 saturated heterocycles. The number of nitrogens with zero attached hydrogens (tertiary/aromatic N) is 1. The highest BCUT2D eigenvalue weighted by atomic mass is 35.5. The summed E-state index contributed by atoms with van der Waals surface area (Å²) in [6, 6.07) is 5.86. The van der Waals surface area contributed by atoms with Gasteiger partial charge in [-0.15, -0.1) is 12.4 Å². The molecule has 1 rings (SSSR count). The maximum Gasteiger partial charge on any atom is 0.304 e. The van der Waals surface area contributed by atoms with Crippen LogP contribution < -0.4 is 5.32 Å². The lowest BCUT2D eigenvalue weighted by Crippen LogP contribution is -2.39. The third kappa shape index (κ3) is 7.95. The number of likely N-dealkylation sites (N-methyl/N-ethyl adjacent to an activating group) is 1. The summed E-state index contributed by atoms with van der Waals surface area (Å²) >= 11 is 0. The van der Waals surface area contributed by atoms with Crippen molar-refractivity contribution in [3.8, 4) is 0 Å². The molecule has 0 spiro atoms. The van der Waals surface area contributed by atoms with E-state index >= 15 is 0 Å². The Morgan fingerprint density at radius 1 is 1.26 bits per heavy atom. The van der Waals surface area contributed by atoms with Crippen LogP contribution in [0, 0.1) is 11.7 Å². The first kappa shape index (κ1) is 21.3. The molecule has 0 aliphatic carbocycles. The van der Waals surface area contributed by atoms with Gasteiger partial charge in [-0.2, -0.15) is 0 Å². The van der Waals surface area contributed by atoms with Crippen LogP contribution in [0.25, 0.3) is 0 Å². The number of benzene rings is 1. The van der Waals surface area contributed by atoms with Crippen LogP contribution in [-0.2, 0) is 9.59 Å². The fourth-order valence-electron chi connectivity index (χ4n) is 2.13. The van der Waals surface area contributed by atoms with Crippen LogP contribution in [0.2, 0.25) is 0 Å². The number of carbonyl (C=O) groups excluding carboxylic acids is 1. The number of halogens is 2. The molecule has 0 aliphatic rings. The zero-order chi connectivity index (χ0) is 16.7. The number of carbonyl (C=O) groups is 2. The van der Waals surface area contributed by atoms with Crippen LogP contribution in [0.3, 0.4) is 0 Å². The Morgan fingerprint density at radius 3 is 2.30 bits per heavy atom. The number of aliphatic carboxylic acids is 1. The van der Waals surface area contributed by atoms with Crippen LogP contribution in [0.5, 0.6) is 0 Å². The number of carboxylic acids is 1. The fraction of sp³-hybridized carbons (Fsp3) is 0.500. The number of amides is 1. The zero-order valence-electron chi connectivity index (χ0n) is 13.6. The number of hydrogen-bond donors (Lipinski definition) is 2. The smallest absolute Gasteiger partial charge is 0.304 e. The molecule has 23 heavy (non-hydrogen) atoms. The first-order valence-electron chi connectivity index (χ1n) is 7.24. The molecule has 0 fully saturated rings. The maximum absolute atomic E-state index is 13.0.